The number of rotatable bonds is 3. The number of fused-ring (bicyclic) bond motifs is 2. The van der Waals surface area contributed by atoms with Crippen LogP contribution in [0.15, 0.2) is 18.2 Å². The van der Waals surface area contributed by atoms with E-state index >= 15 is 0 Å². The van der Waals surface area contributed by atoms with E-state index in [0.29, 0.717) is 12.3 Å². The molecule has 0 aliphatic heterocycles. The Morgan fingerprint density at radius 1 is 1.37 bits per heavy atom. The molecule has 2 aliphatic carbocycles. The number of benzene rings is 1. The first kappa shape index (κ1) is 13.3. The third-order valence-electron chi connectivity index (χ3n) is 4.54. The fraction of sp³-hybridized carbons (Fsp3) is 0.533. The van der Waals surface area contributed by atoms with Gasteiger partial charge in [-0.2, -0.15) is 0 Å². The summed E-state index contributed by atoms with van der Waals surface area (Å²) in [6.07, 6.45) is 5.83. The molecule has 3 unspecified atom stereocenters. The summed E-state index contributed by atoms with van der Waals surface area (Å²) in [5.41, 5.74) is 0.718. The molecule has 0 heterocycles. The number of amides is 1. The van der Waals surface area contributed by atoms with Gasteiger partial charge in [0.15, 0.2) is 0 Å². The van der Waals surface area contributed by atoms with E-state index in [1.165, 1.54) is 37.8 Å². The summed E-state index contributed by atoms with van der Waals surface area (Å²) in [7, 11) is 0. The largest absolute Gasteiger partial charge is 0.325 e. The number of carbonyl (C=O) groups is 1. The van der Waals surface area contributed by atoms with Crippen molar-refractivity contribution in [2.24, 2.45) is 17.8 Å². The van der Waals surface area contributed by atoms with Crippen LogP contribution < -0.4 is 5.32 Å². The van der Waals surface area contributed by atoms with Crippen molar-refractivity contribution in [1.29, 1.82) is 0 Å². The minimum absolute atomic E-state index is 0.0714. The fourth-order valence-electron chi connectivity index (χ4n) is 3.66. The molecule has 2 nitrogen and oxygen atoms in total. The number of carbonyl (C=O) groups excluding carboxylic acids is 1. The standard InChI is InChI=1S/C15H17FINO/c16-12-3-4-14(13(17)8-12)18-15(19)7-11-6-9-1-2-10(11)5-9/h3-4,8-11H,1-2,5-7H2,(H,18,19). The van der Waals surface area contributed by atoms with E-state index in [2.05, 4.69) is 5.32 Å². The monoisotopic (exact) mass is 373 g/mol. The van der Waals surface area contributed by atoms with Gasteiger partial charge in [-0.25, -0.2) is 4.39 Å². The summed E-state index contributed by atoms with van der Waals surface area (Å²) in [5, 5.41) is 2.91. The maximum absolute atomic E-state index is 13.0. The predicted octanol–water partition coefficient (Wildman–Crippen LogP) is 4.20. The molecule has 2 bridgehead atoms. The van der Waals surface area contributed by atoms with E-state index < -0.39 is 0 Å². The van der Waals surface area contributed by atoms with Crippen molar-refractivity contribution in [2.75, 3.05) is 5.32 Å². The van der Waals surface area contributed by atoms with Crippen LogP contribution in [0.3, 0.4) is 0 Å². The number of hydrogen-bond acceptors (Lipinski definition) is 1. The minimum atomic E-state index is -0.268. The molecule has 2 aliphatic rings. The summed E-state index contributed by atoms with van der Waals surface area (Å²) in [6.45, 7) is 0. The lowest BCUT2D eigenvalue weighted by atomic mass is 9.86. The van der Waals surface area contributed by atoms with Gasteiger partial charge < -0.3 is 5.32 Å². The first-order valence-corrected chi connectivity index (χ1v) is 7.94. The van der Waals surface area contributed by atoms with Gasteiger partial charge in [0.1, 0.15) is 5.82 Å². The van der Waals surface area contributed by atoms with Gasteiger partial charge in [-0.15, -0.1) is 0 Å². The van der Waals surface area contributed by atoms with Gasteiger partial charge in [0, 0.05) is 9.99 Å². The Balaban J connectivity index is 1.59. The minimum Gasteiger partial charge on any atom is -0.325 e. The summed E-state index contributed by atoms with van der Waals surface area (Å²) in [6, 6.07) is 4.46. The van der Waals surface area contributed by atoms with E-state index in [4.69, 9.17) is 0 Å². The average molecular weight is 373 g/mol. The van der Waals surface area contributed by atoms with Crippen LogP contribution in [0.1, 0.15) is 32.1 Å². The molecule has 4 heteroatoms. The van der Waals surface area contributed by atoms with E-state index in [1.807, 2.05) is 22.6 Å². The highest BCUT2D eigenvalue weighted by molar-refractivity contribution is 14.1. The zero-order chi connectivity index (χ0) is 13.4. The Hall–Kier alpha value is -0.650. The van der Waals surface area contributed by atoms with Crippen molar-refractivity contribution in [1.82, 2.24) is 0 Å². The maximum Gasteiger partial charge on any atom is 0.224 e. The molecule has 1 aromatic carbocycles. The molecule has 0 spiro atoms. The lowest BCUT2D eigenvalue weighted by Gasteiger charge is -2.21. The summed E-state index contributed by atoms with van der Waals surface area (Å²) >= 11 is 2.05. The molecule has 0 radical (unpaired) electrons. The van der Waals surface area contributed by atoms with Crippen molar-refractivity contribution < 1.29 is 9.18 Å². The van der Waals surface area contributed by atoms with Crippen molar-refractivity contribution in [3.8, 4) is 0 Å². The highest BCUT2D eigenvalue weighted by Gasteiger charge is 2.40. The van der Waals surface area contributed by atoms with Gasteiger partial charge in [-0.05, 0) is 77.8 Å². The number of hydrogen-bond donors (Lipinski definition) is 1. The van der Waals surface area contributed by atoms with Crippen LogP contribution >= 0.6 is 22.6 Å². The van der Waals surface area contributed by atoms with Crippen LogP contribution in [0.4, 0.5) is 10.1 Å². The highest BCUT2D eigenvalue weighted by Crippen LogP contribution is 2.49. The van der Waals surface area contributed by atoms with Gasteiger partial charge in [0.05, 0.1) is 5.69 Å². The Morgan fingerprint density at radius 3 is 2.84 bits per heavy atom. The normalized spacial score (nSPS) is 28.6. The zero-order valence-corrected chi connectivity index (χ0v) is 12.8. The second kappa shape index (κ2) is 5.38. The van der Waals surface area contributed by atoms with E-state index in [9.17, 15) is 9.18 Å². The Kier molecular flexibility index (Phi) is 3.78. The summed E-state index contributed by atoms with van der Waals surface area (Å²) in [4.78, 5) is 12.1. The lowest BCUT2D eigenvalue weighted by Crippen LogP contribution is -2.20. The second-order valence-corrected chi connectivity index (χ2v) is 6.97. The van der Waals surface area contributed by atoms with Gasteiger partial charge >= 0.3 is 0 Å². The van der Waals surface area contributed by atoms with Crippen LogP contribution in [0.25, 0.3) is 0 Å². The van der Waals surface area contributed by atoms with E-state index in [1.54, 1.807) is 6.07 Å². The maximum atomic E-state index is 13.0. The molecule has 19 heavy (non-hydrogen) atoms. The lowest BCUT2D eigenvalue weighted by molar-refractivity contribution is -0.117. The molecule has 2 fully saturated rings. The van der Waals surface area contributed by atoms with Crippen LogP contribution in [0.2, 0.25) is 0 Å². The smallest absolute Gasteiger partial charge is 0.224 e. The van der Waals surface area contributed by atoms with E-state index in [-0.39, 0.29) is 11.7 Å². The van der Waals surface area contributed by atoms with Crippen LogP contribution in [0, 0.1) is 27.1 Å². The van der Waals surface area contributed by atoms with Crippen molar-refractivity contribution in [3.05, 3.63) is 27.6 Å². The van der Waals surface area contributed by atoms with Crippen LogP contribution in [0.5, 0.6) is 0 Å². The molecule has 1 N–H and O–H groups in total. The summed E-state index contributed by atoms with van der Waals surface area (Å²) in [5.74, 6) is 2.01. The first-order chi connectivity index (χ1) is 9.11. The van der Waals surface area contributed by atoms with Crippen molar-refractivity contribution >= 4 is 34.2 Å². The molecule has 0 saturated heterocycles. The molecule has 2 saturated carbocycles. The third-order valence-corrected chi connectivity index (χ3v) is 5.43. The van der Waals surface area contributed by atoms with E-state index in [0.717, 1.165) is 21.1 Å². The summed E-state index contributed by atoms with van der Waals surface area (Å²) < 4.78 is 13.7. The fourth-order valence-corrected chi connectivity index (χ4v) is 4.27. The molecular weight excluding hydrogens is 356 g/mol. The predicted molar refractivity (Wildman–Crippen MR) is 81.3 cm³/mol. The average Bonchev–Trinajstić information content (AvgIpc) is 2.95. The second-order valence-electron chi connectivity index (χ2n) is 5.81. The quantitative estimate of drug-likeness (QED) is 0.791. The first-order valence-electron chi connectivity index (χ1n) is 6.86. The molecule has 3 rings (SSSR count). The molecule has 1 amide bonds. The number of halogens is 2. The van der Waals surface area contributed by atoms with Gasteiger partial charge in [-0.3, -0.25) is 4.79 Å². The SMILES string of the molecule is O=C(CC1CC2CCC1C2)Nc1ccc(F)cc1I. The number of anilines is 1. The molecule has 102 valence electrons. The molecule has 3 atom stereocenters. The van der Waals surface area contributed by atoms with Crippen LogP contribution in [-0.4, -0.2) is 5.91 Å². The highest BCUT2D eigenvalue weighted by atomic mass is 127. The van der Waals surface area contributed by atoms with Gasteiger partial charge in [0.2, 0.25) is 5.91 Å². The number of nitrogens with one attached hydrogen (secondary N) is 1. The van der Waals surface area contributed by atoms with Gasteiger partial charge in [-0.1, -0.05) is 6.42 Å². The Morgan fingerprint density at radius 2 is 2.21 bits per heavy atom. The third kappa shape index (κ3) is 2.93. The topological polar surface area (TPSA) is 29.1 Å². The van der Waals surface area contributed by atoms with Crippen molar-refractivity contribution in [2.45, 2.75) is 32.1 Å². The van der Waals surface area contributed by atoms with Gasteiger partial charge in [0.25, 0.3) is 0 Å². The van der Waals surface area contributed by atoms with Crippen LogP contribution in [-0.2, 0) is 4.79 Å². The molecular formula is C15H17FINO. The zero-order valence-electron chi connectivity index (χ0n) is 10.7. The van der Waals surface area contributed by atoms with Crippen molar-refractivity contribution in [3.63, 3.8) is 0 Å². The Labute approximate surface area is 126 Å². The molecule has 1 aromatic rings. The Bertz CT molecular complexity index is 505. The molecule has 0 aromatic heterocycles.